The Labute approximate surface area is 107 Å². The number of benzene rings is 1. The van der Waals surface area contributed by atoms with Crippen LogP contribution in [-0.2, 0) is 0 Å². The monoisotopic (exact) mass is 252 g/mol. The zero-order valence-corrected chi connectivity index (χ0v) is 11.2. The molecule has 0 bridgehead atoms. The van der Waals surface area contributed by atoms with E-state index in [0.29, 0.717) is 12.3 Å². The molecule has 0 aliphatic heterocycles. The summed E-state index contributed by atoms with van der Waals surface area (Å²) in [5, 5.41) is 12.0. The van der Waals surface area contributed by atoms with E-state index in [1.807, 2.05) is 30.0 Å². The van der Waals surface area contributed by atoms with Crippen molar-refractivity contribution in [2.24, 2.45) is 16.8 Å². The average molecular weight is 252 g/mol. The highest BCUT2D eigenvalue weighted by molar-refractivity contribution is 7.99. The number of thioether (sulfide) groups is 1. The SMILES string of the molecule is CC(C)CSC(C/C(N)=N/O)c1ccccc1. The average Bonchev–Trinajstić information content (AvgIpc) is 2.35. The van der Waals surface area contributed by atoms with Crippen molar-refractivity contribution in [1.29, 1.82) is 0 Å². The van der Waals surface area contributed by atoms with Crippen LogP contribution in [0.2, 0.25) is 0 Å². The quantitative estimate of drug-likeness (QED) is 0.353. The van der Waals surface area contributed by atoms with E-state index in [1.165, 1.54) is 5.56 Å². The second-order valence-corrected chi connectivity index (χ2v) is 5.66. The Bertz CT molecular complexity index is 352. The van der Waals surface area contributed by atoms with Gasteiger partial charge in [-0.25, -0.2) is 0 Å². The van der Waals surface area contributed by atoms with Crippen LogP contribution in [0.15, 0.2) is 35.5 Å². The van der Waals surface area contributed by atoms with Crippen LogP contribution >= 0.6 is 11.8 Å². The lowest BCUT2D eigenvalue weighted by atomic mass is 10.1. The first-order valence-corrected chi connectivity index (χ1v) is 6.81. The first-order valence-electron chi connectivity index (χ1n) is 5.76. The van der Waals surface area contributed by atoms with Crippen LogP contribution in [0, 0.1) is 5.92 Å². The van der Waals surface area contributed by atoms with Gasteiger partial charge < -0.3 is 10.9 Å². The van der Waals surface area contributed by atoms with Crippen molar-refractivity contribution in [3.8, 4) is 0 Å². The van der Waals surface area contributed by atoms with Crippen LogP contribution in [0.4, 0.5) is 0 Å². The molecule has 3 N–H and O–H groups in total. The zero-order chi connectivity index (χ0) is 12.7. The lowest BCUT2D eigenvalue weighted by molar-refractivity contribution is 0.317. The Morgan fingerprint density at radius 3 is 2.53 bits per heavy atom. The van der Waals surface area contributed by atoms with Gasteiger partial charge in [-0.2, -0.15) is 11.8 Å². The molecular weight excluding hydrogens is 232 g/mol. The summed E-state index contributed by atoms with van der Waals surface area (Å²) in [5.74, 6) is 1.99. The zero-order valence-electron chi connectivity index (χ0n) is 10.3. The summed E-state index contributed by atoms with van der Waals surface area (Å²) in [6.07, 6.45) is 0.581. The summed E-state index contributed by atoms with van der Waals surface area (Å²) in [5.41, 5.74) is 6.83. The van der Waals surface area contributed by atoms with E-state index >= 15 is 0 Å². The third-order valence-electron chi connectivity index (χ3n) is 2.33. The fourth-order valence-electron chi connectivity index (χ4n) is 1.48. The highest BCUT2D eigenvalue weighted by Gasteiger charge is 2.14. The Balaban J connectivity index is 2.72. The van der Waals surface area contributed by atoms with Gasteiger partial charge in [0.1, 0.15) is 5.84 Å². The molecule has 94 valence electrons. The first-order chi connectivity index (χ1) is 8.13. The molecule has 0 aliphatic rings. The Morgan fingerprint density at radius 1 is 1.35 bits per heavy atom. The number of nitrogens with zero attached hydrogens (tertiary/aromatic N) is 1. The summed E-state index contributed by atoms with van der Waals surface area (Å²) in [4.78, 5) is 0. The molecule has 0 aliphatic carbocycles. The molecule has 4 heteroatoms. The van der Waals surface area contributed by atoms with Crippen LogP contribution < -0.4 is 5.73 Å². The van der Waals surface area contributed by atoms with Crippen LogP contribution in [0.25, 0.3) is 0 Å². The highest BCUT2D eigenvalue weighted by Crippen LogP contribution is 2.33. The molecule has 1 aromatic rings. The van der Waals surface area contributed by atoms with Crippen LogP contribution in [0.1, 0.15) is 31.1 Å². The summed E-state index contributed by atoms with van der Waals surface area (Å²) in [6, 6.07) is 10.2. The van der Waals surface area contributed by atoms with Crippen molar-refractivity contribution < 1.29 is 5.21 Å². The van der Waals surface area contributed by atoms with Gasteiger partial charge in [0.05, 0.1) is 0 Å². The van der Waals surface area contributed by atoms with Gasteiger partial charge in [0.2, 0.25) is 0 Å². The van der Waals surface area contributed by atoms with Crippen molar-refractivity contribution in [2.75, 3.05) is 5.75 Å². The fraction of sp³-hybridized carbons (Fsp3) is 0.462. The maximum absolute atomic E-state index is 8.66. The van der Waals surface area contributed by atoms with E-state index in [0.717, 1.165) is 5.75 Å². The molecular formula is C13H20N2OS. The summed E-state index contributed by atoms with van der Waals surface area (Å²) < 4.78 is 0. The van der Waals surface area contributed by atoms with Gasteiger partial charge in [-0.05, 0) is 17.2 Å². The molecule has 0 aromatic heterocycles. The lowest BCUT2D eigenvalue weighted by Gasteiger charge is -2.17. The largest absolute Gasteiger partial charge is 0.409 e. The molecule has 0 heterocycles. The molecule has 0 radical (unpaired) electrons. The predicted molar refractivity (Wildman–Crippen MR) is 74.5 cm³/mol. The topological polar surface area (TPSA) is 58.6 Å². The minimum Gasteiger partial charge on any atom is -0.409 e. The number of oxime groups is 1. The Morgan fingerprint density at radius 2 is 2.00 bits per heavy atom. The number of hydrogen-bond acceptors (Lipinski definition) is 3. The molecule has 0 spiro atoms. The molecule has 0 saturated heterocycles. The molecule has 1 atom stereocenters. The van der Waals surface area contributed by atoms with Gasteiger partial charge in [0, 0.05) is 11.7 Å². The van der Waals surface area contributed by atoms with Crippen molar-refractivity contribution in [3.05, 3.63) is 35.9 Å². The van der Waals surface area contributed by atoms with E-state index in [1.54, 1.807) is 0 Å². The minimum atomic E-state index is 0.259. The highest BCUT2D eigenvalue weighted by atomic mass is 32.2. The normalized spacial score (nSPS) is 13.9. The van der Waals surface area contributed by atoms with E-state index in [4.69, 9.17) is 10.9 Å². The number of rotatable bonds is 6. The summed E-state index contributed by atoms with van der Waals surface area (Å²) in [7, 11) is 0. The van der Waals surface area contributed by atoms with E-state index in [9.17, 15) is 0 Å². The maximum atomic E-state index is 8.66. The molecule has 0 amide bonds. The van der Waals surface area contributed by atoms with Crippen LogP contribution in [0.3, 0.4) is 0 Å². The maximum Gasteiger partial charge on any atom is 0.140 e. The fourth-order valence-corrected chi connectivity index (χ4v) is 2.74. The smallest absolute Gasteiger partial charge is 0.140 e. The molecule has 0 fully saturated rings. The molecule has 3 nitrogen and oxygen atoms in total. The molecule has 0 saturated carbocycles. The van der Waals surface area contributed by atoms with Crippen LogP contribution in [-0.4, -0.2) is 16.8 Å². The van der Waals surface area contributed by atoms with Crippen molar-refractivity contribution in [1.82, 2.24) is 0 Å². The third kappa shape index (κ3) is 5.13. The predicted octanol–water partition coefficient (Wildman–Crippen LogP) is 3.25. The lowest BCUT2D eigenvalue weighted by Crippen LogP contribution is -2.15. The molecule has 1 unspecified atom stereocenters. The molecule has 1 aromatic carbocycles. The second kappa shape index (κ2) is 7.22. The van der Waals surface area contributed by atoms with E-state index < -0.39 is 0 Å². The summed E-state index contributed by atoms with van der Waals surface area (Å²) >= 11 is 1.85. The van der Waals surface area contributed by atoms with Crippen molar-refractivity contribution in [3.63, 3.8) is 0 Å². The van der Waals surface area contributed by atoms with Gasteiger partial charge in [0.25, 0.3) is 0 Å². The molecule has 1 rings (SSSR count). The van der Waals surface area contributed by atoms with Gasteiger partial charge in [-0.3, -0.25) is 0 Å². The third-order valence-corrected chi connectivity index (χ3v) is 4.03. The Hall–Kier alpha value is -1.16. The van der Waals surface area contributed by atoms with Crippen molar-refractivity contribution >= 4 is 17.6 Å². The summed E-state index contributed by atoms with van der Waals surface area (Å²) in [6.45, 7) is 4.39. The number of hydrogen-bond donors (Lipinski definition) is 2. The van der Waals surface area contributed by atoms with E-state index in [2.05, 4.69) is 31.1 Å². The second-order valence-electron chi connectivity index (χ2n) is 4.42. The number of amidine groups is 1. The van der Waals surface area contributed by atoms with Crippen LogP contribution in [0.5, 0.6) is 0 Å². The van der Waals surface area contributed by atoms with Gasteiger partial charge in [-0.1, -0.05) is 49.3 Å². The van der Waals surface area contributed by atoms with Gasteiger partial charge in [-0.15, -0.1) is 0 Å². The van der Waals surface area contributed by atoms with Crippen molar-refractivity contribution in [2.45, 2.75) is 25.5 Å². The minimum absolute atomic E-state index is 0.259. The Kier molecular flexibility index (Phi) is 5.91. The first kappa shape index (κ1) is 13.9. The molecule has 17 heavy (non-hydrogen) atoms. The van der Waals surface area contributed by atoms with E-state index in [-0.39, 0.29) is 11.1 Å². The standard InChI is InChI=1S/C13H20N2OS/c1-10(2)9-17-12(8-13(14)15-16)11-6-4-3-5-7-11/h3-7,10,12,16H,8-9H2,1-2H3,(H2,14,15). The van der Waals surface area contributed by atoms with Gasteiger partial charge in [0.15, 0.2) is 0 Å². The van der Waals surface area contributed by atoms with Gasteiger partial charge >= 0.3 is 0 Å². The number of nitrogens with two attached hydrogens (primary N) is 1.